The molecule has 2 aromatic rings. The molecular weight excluding hydrogens is 320 g/mol. The highest BCUT2D eigenvalue weighted by molar-refractivity contribution is 5.92. The molecular formula is C19H26N2O4. The monoisotopic (exact) mass is 346 g/mol. The molecule has 1 unspecified atom stereocenters. The Bertz CT molecular complexity index is 723. The summed E-state index contributed by atoms with van der Waals surface area (Å²) >= 11 is 0. The second-order valence-electron chi connectivity index (χ2n) is 5.77. The summed E-state index contributed by atoms with van der Waals surface area (Å²) in [6.07, 6.45) is 3.16. The molecule has 0 aliphatic carbocycles. The lowest BCUT2D eigenvalue weighted by Gasteiger charge is -2.17. The Kier molecular flexibility index (Phi) is 7.01. The number of hydrogen-bond acceptors (Lipinski definition) is 5. The lowest BCUT2D eigenvalue weighted by atomic mass is 9.90. The number of rotatable bonds is 9. The minimum absolute atomic E-state index is 0.171. The zero-order chi connectivity index (χ0) is 18.2. The van der Waals surface area contributed by atoms with E-state index in [1.807, 2.05) is 24.4 Å². The van der Waals surface area contributed by atoms with Gasteiger partial charge < -0.3 is 20.2 Å². The number of hydrogen-bond donors (Lipinski definition) is 2. The third kappa shape index (κ3) is 4.60. The predicted molar refractivity (Wildman–Crippen MR) is 96.3 cm³/mol. The fourth-order valence-corrected chi connectivity index (χ4v) is 3.07. The molecule has 2 rings (SSSR count). The fraction of sp³-hybridized carbons (Fsp3) is 0.474. The summed E-state index contributed by atoms with van der Waals surface area (Å²) in [6.45, 7) is 4.69. The van der Waals surface area contributed by atoms with Crippen LogP contribution >= 0.6 is 0 Å². The fourth-order valence-electron chi connectivity index (χ4n) is 3.07. The number of fused-ring (bicyclic) bond motifs is 1. The molecule has 136 valence electrons. The molecule has 0 spiro atoms. The lowest BCUT2D eigenvalue weighted by Crippen LogP contribution is -2.18. The molecule has 6 nitrogen and oxygen atoms in total. The maximum absolute atomic E-state index is 12.5. The Morgan fingerprint density at radius 3 is 2.64 bits per heavy atom. The van der Waals surface area contributed by atoms with Crippen LogP contribution in [0, 0.1) is 0 Å². The van der Waals surface area contributed by atoms with Crippen molar-refractivity contribution < 1.29 is 19.1 Å². The van der Waals surface area contributed by atoms with Gasteiger partial charge in [-0.25, -0.2) is 0 Å². The molecule has 0 saturated heterocycles. The number of carbonyl (C=O) groups excluding carboxylic acids is 2. The zero-order valence-corrected chi connectivity index (χ0v) is 14.8. The van der Waals surface area contributed by atoms with E-state index in [9.17, 15) is 9.59 Å². The summed E-state index contributed by atoms with van der Waals surface area (Å²) in [5.41, 5.74) is 8.59. The average molecular weight is 346 g/mol. The first-order chi connectivity index (χ1) is 12.1. The summed E-state index contributed by atoms with van der Waals surface area (Å²) < 4.78 is 10.2. The highest BCUT2D eigenvalue weighted by Gasteiger charge is 2.26. The van der Waals surface area contributed by atoms with E-state index in [1.54, 1.807) is 13.8 Å². The number of benzene rings is 1. The van der Waals surface area contributed by atoms with E-state index < -0.39 is 5.92 Å². The van der Waals surface area contributed by atoms with Crippen LogP contribution in [0.4, 0.5) is 0 Å². The Morgan fingerprint density at radius 1 is 1.20 bits per heavy atom. The molecule has 0 saturated carbocycles. The summed E-state index contributed by atoms with van der Waals surface area (Å²) in [7, 11) is 0. The summed E-state index contributed by atoms with van der Waals surface area (Å²) in [6, 6.07) is 5.78. The van der Waals surface area contributed by atoms with Crippen LogP contribution in [0.1, 0.15) is 43.7 Å². The number of aromatic amines is 1. The Labute approximate surface area is 147 Å². The minimum atomic E-state index is -0.514. The molecule has 1 heterocycles. The molecule has 0 aliphatic heterocycles. The SMILES string of the molecule is CCOC(=O)CCC(C(=O)OCC)c1cccc2[nH]cc(CCN)c12. The van der Waals surface area contributed by atoms with Crippen LogP contribution in [0.5, 0.6) is 0 Å². The third-order valence-corrected chi connectivity index (χ3v) is 4.12. The number of ether oxygens (including phenoxy) is 2. The number of nitrogens with one attached hydrogen (secondary N) is 1. The van der Waals surface area contributed by atoms with Crippen LogP contribution < -0.4 is 5.73 Å². The molecule has 1 aromatic heterocycles. The first-order valence-corrected chi connectivity index (χ1v) is 8.73. The molecule has 25 heavy (non-hydrogen) atoms. The molecule has 6 heteroatoms. The van der Waals surface area contributed by atoms with Gasteiger partial charge in [0.25, 0.3) is 0 Å². The van der Waals surface area contributed by atoms with Crippen LogP contribution in [-0.2, 0) is 25.5 Å². The summed E-state index contributed by atoms with van der Waals surface area (Å²) in [5, 5.41) is 0.995. The molecule has 3 N–H and O–H groups in total. The van der Waals surface area contributed by atoms with Crippen molar-refractivity contribution in [3.05, 3.63) is 35.5 Å². The number of esters is 2. The Hall–Kier alpha value is -2.34. The molecule has 0 radical (unpaired) electrons. The number of nitrogens with two attached hydrogens (primary N) is 1. The highest BCUT2D eigenvalue weighted by atomic mass is 16.5. The highest BCUT2D eigenvalue weighted by Crippen LogP contribution is 2.32. The van der Waals surface area contributed by atoms with Crippen LogP contribution in [0.3, 0.4) is 0 Å². The second kappa shape index (κ2) is 9.22. The maximum atomic E-state index is 12.5. The topological polar surface area (TPSA) is 94.4 Å². The Morgan fingerprint density at radius 2 is 1.96 bits per heavy atom. The number of carbonyl (C=O) groups is 2. The molecule has 0 bridgehead atoms. The normalized spacial score (nSPS) is 12.1. The van der Waals surface area contributed by atoms with Crippen molar-refractivity contribution in [3.63, 3.8) is 0 Å². The quantitative estimate of drug-likeness (QED) is 0.681. The number of H-pyrrole nitrogens is 1. The van der Waals surface area contributed by atoms with Crippen LogP contribution in [-0.4, -0.2) is 36.7 Å². The van der Waals surface area contributed by atoms with E-state index in [-0.39, 0.29) is 18.4 Å². The first kappa shape index (κ1) is 19.0. The largest absolute Gasteiger partial charge is 0.466 e. The van der Waals surface area contributed by atoms with Gasteiger partial charge in [-0.3, -0.25) is 9.59 Å². The van der Waals surface area contributed by atoms with Gasteiger partial charge in [-0.1, -0.05) is 12.1 Å². The standard InChI is InChI=1S/C19H26N2O4/c1-3-24-17(22)9-8-15(19(23)25-4-2)14-6-5-7-16-18(14)13(10-11-20)12-21-16/h5-7,12,15,21H,3-4,8-11,20H2,1-2H3. The van der Waals surface area contributed by atoms with Crippen molar-refractivity contribution in [2.24, 2.45) is 5.73 Å². The predicted octanol–water partition coefficient (Wildman–Crippen LogP) is 2.66. The van der Waals surface area contributed by atoms with Crippen molar-refractivity contribution in [2.75, 3.05) is 19.8 Å². The summed E-state index contributed by atoms with van der Waals surface area (Å²) in [4.78, 5) is 27.5. The van der Waals surface area contributed by atoms with E-state index in [0.717, 1.165) is 22.0 Å². The van der Waals surface area contributed by atoms with Gasteiger partial charge >= 0.3 is 11.9 Å². The molecule has 1 atom stereocenters. The van der Waals surface area contributed by atoms with E-state index in [2.05, 4.69) is 4.98 Å². The van der Waals surface area contributed by atoms with Gasteiger partial charge in [0.15, 0.2) is 0 Å². The molecule has 0 fully saturated rings. The van der Waals surface area contributed by atoms with Crippen molar-refractivity contribution in [1.29, 1.82) is 0 Å². The van der Waals surface area contributed by atoms with Crippen molar-refractivity contribution in [3.8, 4) is 0 Å². The zero-order valence-electron chi connectivity index (χ0n) is 14.8. The van der Waals surface area contributed by atoms with Crippen molar-refractivity contribution in [2.45, 2.75) is 39.0 Å². The van der Waals surface area contributed by atoms with Crippen LogP contribution in [0.2, 0.25) is 0 Å². The Balaban J connectivity index is 2.38. The van der Waals surface area contributed by atoms with E-state index in [1.165, 1.54) is 0 Å². The molecule has 0 amide bonds. The summed E-state index contributed by atoms with van der Waals surface area (Å²) in [5.74, 6) is -1.14. The smallest absolute Gasteiger partial charge is 0.313 e. The average Bonchev–Trinajstić information content (AvgIpc) is 3.00. The van der Waals surface area contributed by atoms with Gasteiger partial charge in [0.1, 0.15) is 0 Å². The maximum Gasteiger partial charge on any atom is 0.313 e. The van der Waals surface area contributed by atoms with Gasteiger partial charge in [0.2, 0.25) is 0 Å². The van der Waals surface area contributed by atoms with E-state index in [0.29, 0.717) is 32.6 Å². The van der Waals surface area contributed by atoms with Gasteiger partial charge in [-0.2, -0.15) is 0 Å². The van der Waals surface area contributed by atoms with Crippen LogP contribution in [0.25, 0.3) is 10.9 Å². The van der Waals surface area contributed by atoms with Gasteiger partial charge in [0, 0.05) is 23.5 Å². The first-order valence-electron chi connectivity index (χ1n) is 8.73. The molecule has 0 aliphatic rings. The van der Waals surface area contributed by atoms with Crippen molar-refractivity contribution >= 4 is 22.8 Å². The van der Waals surface area contributed by atoms with Crippen LogP contribution in [0.15, 0.2) is 24.4 Å². The minimum Gasteiger partial charge on any atom is -0.466 e. The second-order valence-corrected chi connectivity index (χ2v) is 5.77. The van der Waals surface area contributed by atoms with E-state index >= 15 is 0 Å². The third-order valence-electron chi connectivity index (χ3n) is 4.12. The number of aromatic nitrogens is 1. The van der Waals surface area contributed by atoms with E-state index in [4.69, 9.17) is 15.2 Å². The van der Waals surface area contributed by atoms with Crippen molar-refractivity contribution in [1.82, 2.24) is 4.98 Å². The lowest BCUT2D eigenvalue weighted by molar-refractivity contribution is -0.146. The molecule has 1 aromatic carbocycles. The van der Waals surface area contributed by atoms with Gasteiger partial charge in [-0.15, -0.1) is 0 Å². The van der Waals surface area contributed by atoms with Gasteiger partial charge in [0.05, 0.1) is 19.1 Å². The van der Waals surface area contributed by atoms with Gasteiger partial charge in [-0.05, 0) is 50.4 Å².